The van der Waals surface area contributed by atoms with E-state index in [9.17, 15) is 19.7 Å². The van der Waals surface area contributed by atoms with Crippen molar-refractivity contribution in [3.63, 3.8) is 0 Å². The van der Waals surface area contributed by atoms with Gasteiger partial charge >= 0.3 is 6.03 Å². The maximum Gasteiger partial charge on any atom is 0.325 e. The fourth-order valence-corrected chi connectivity index (χ4v) is 2.83. The van der Waals surface area contributed by atoms with Gasteiger partial charge in [0.15, 0.2) is 0 Å². The first-order chi connectivity index (χ1) is 11.8. The summed E-state index contributed by atoms with van der Waals surface area (Å²) in [6, 6.07) is 12.7. The van der Waals surface area contributed by atoms with Gasteiger partial charge in [-0.2, -0.15) is 0 Å². The molecule has 0 radical (unpaired) electrons. The smallest absolute Gasteiger partial charge is 0.319 e. The summed E-state index contributed by atoms with van der Waals surface area (Å²) in [5.74, 6) is -0.347. The minimum absolute atomic E-state index is 0.0366. The standard InChI is InChI=1S/C18H17N3O4/c1-12-3-7-14(8-4-12)18(2)16(22)20(17(23)19-18)11-13-5-9-15(10-6-13)21(24)25/h3-10H,11H2,1-2H3,(H,19,23). The minimum Gasteiger partial charge on any atom is -0.319 e. The van der Waals surface area contributed by atoms with Gasteiger partial charge in [-0.1, -0.05) is 42.0 Å². The first-order valence-corrected chi connectivity index (χ1v) is 7.76. The van der Waals surface area contributed by atoms with E-state index < -0.39 is 16.5 Å². The lowest BCUT2D eigenvalue weighted by atomic mass is 9.91. The molecule has 1 unspecified atom stereocenters. The quantitative estimate of drug-likeness (QED) is 0.526. The van der Waals surface area contributed by atoms with Crippen LogP contribution in [0.15, 0.2) is 48.5 Å². The van der Waals surface area contributed by atoms with Crippen LogP contribution in [0.2, 0.25) is 0 Å². The number of amides is 3. The topological polar surface area (TPSA) is 92.6 Å². The molecule has 1 atom stereocenters. The predicted molar refractivity (Wildman–Crippen MR) is 90.7 cm³/mol. The summed E-state index contributed by atoms with van der Waals surface area (Å²) in [5.41, 5.74) is 1.26. The first kappa shape index (κ1) is 16.6. The number of hydrogen-bond acceptors (Lipinski definition) is 4. The molecule has 1 N–H and O–H groups in total. The summed E-state index contributed by atoms with van der Waals surface area (Å²) in [7, 11) is 0. The third kappa shape index (κ3) is 2.96. The largest absolute Gasteiger partial charge is 0.325 e. The Balaban J connectivity index is 1.83. The summed E-state index contributed by atoms with van der Waals surface area (Å²) in [6.45, 7) is 3.68. The Labute approximate surface area is 144 Å². The maximum absolute atomic E-state index is 12.8. The number of urea groups is 1. The van der Waals surface area contributed by atoms with Gasteiger partial charge in [0.2, 0.25) is 0 Å². The van der Waals surface area contributed by atoms with Crippen molar-refractivity contribution >= 4 is 17.6 Å². The Morgan fingerprint density at radius 2 is 1.68 bits per heavy atom. The van der Waals surface area contributed by atoms with Gasteiger partial charge in [0.1, 0.15) is 5.54 Å². The number of carbonyl (C=O) groups is 2. The molecule has 1 heterocycles. The van der Waals surface area contributed by atoms with Crippen LogP contribution >= 0.6 is 0 Å². The summed E-state index contributed by atoms with van der Waals surface area (Å²) < 4.78 is 0. The van der Waals surface area contributed by atoms with Crippen LogP contribution < -0.4 is 5.32 Å². The van der Waals surface area contributed by atoms with Crippen LogP contribution in [0.1, 0.15) is 23.6 Å². The van der Waals surface area contributed by atoms with Gasteiger partial charge in [0.25, 0.3) is 11.6 Å². The highest BCUT2D eigenvalue weighted by molar-refractivity contribution is 6.07. The molecule has 1 aliphatic rings. The zero-order valence-corrected chi connectivity index (χ0v) is 13.9. The molecule has 0 bridgehead atoms. The van der Waals surface area contributed by atoms with Crippen LogP contribution in [0.3, 0.4) is 0 Å². The van der Waals surface area contributed by atoms with Crippen molar-refractivity contribution in [1.82, 2.24) is 10.2 Å². The van der Waals surface area contributed by atoms with Crippen LogP contribution in [0, 0.1) is 17.0 Å². The predicted octanol–water partition coefficient (Wildman–Crippen LogP) is 2.87. The highest BCUT2D eigenvalue weighted by atomic mass is 16.6. The number of aryl methyl sites for hydroxylation is 1. The Hall–Kier alpha value is -3.22. The van der Waals surface area contributed by atoms with Crippen LogP contribution in [0.5, 0.6) is 0 Å². The number of benzene rings is 2. The molecule has 7 nitrogen and oxygen atoms in total. The van der Waals surface area contributed by atoms with Crippen molar-refractivity contribution in [2.75, 3.05) is 0 Å². The number of nitrogens with one attached hydrogen (secondary N) is 1. The zero-order chi connectivity index (χ0) is 18.2. The fourth-order valence-electron chi connectivity index (χ4n) is 2.83. The van der Waals surface area contributed by atoms with Gasteiger partial charge in [-0.05, 0) is 25.0 Å². The average molecular weight is 339 g/mol. The minimum atomic E-state index is -1.12. The highest BCUT2D eigenvalue weighted by Gasteiger charge is 2.48. The molecule has 2 aromatic carbocycles. The SMILES string of the molecule is Cc1ccc(C2(C)NC(=O)N(Cc3ccc([N+](=O)[O-])cc3)C2=O)cc1. The Morgan fingerprint density at radius 1 is 1.08 bits per heavy atom. The molecule has 0 aliphatic carbocycles. The molecular formula is C18H17N3O4. The maximum atomic E-state index is 12.8. The molecule has 1 fully saturated rings. The van der Waals surface area contributed by atoms with E-state index in [1.165, 1.54) is 12.1 Å². The van der Waals surface area contributed by atoms with Crippen molar-refractivity contribution in [1.29, 1.82) is 0 Å². The first-order valence-electron chi connectivity index (χ1n) is 7.76. The second kappa shape index (κ2) is 6.01. The number of carbonyl (C=O) groups excluding carboxylic acids is 2. The molecule has 1 saturated heterocycles. The van der Waals surface area contributed by atoms with E-state index in [0.717, 1.165) is 10.5 Å². The van der Waals surface area contributed by atoms with Crippen molar-refractivity contribution < 1.29 is 14.5 Å². The fraction of sp³-hybridized carbons (Fsp3) is 0.222. The van der Waals surface area contributed by atoms with E-state index in [2.05, 4.69) is 5.32 Å². The van der Waals surface area contributed by atoms with Crippen molar-refractivity contribution in [2.24, 2.45) is 0 Å². The molecule has 2 aromatic rings. The Morgan fingerprint density at radius 3 is 2.24 bits per heavy atom. The summed E-state index contributed by atoms with van der Waals surface area (Å²) in [4.78, 5) is 36.5. The van der Waals surface area contributed by atoms with Gasteiger partial charge in [-0.15, -0.1) is 0 Å². The number of non-ortho nitro benzene ring substituents is 1. The Kier molecular flexibility index (Phi) is 4.00. The number of nitro benzene ring substituents is 1. The van der Waals surface area contributed by atoms with Crippen LogP contribution in [-0.2, 0) is 16.9 Å². The van der Waals surface area contributed by atoms with E-state index in [0.29, 0.717) is 11.1 Å². The monoisotopic (exact) mass is 339 g/mol. The van der Waals surface area contributed by atoms with Crippen LogP contribution in [-0.4, -0.2) is 21.8 Å². The second-order valence-corrected chi connectivity index (χ2v) is 6.24. The lowest BCUT2D eigenvalue weighted by molar-refractivity contribution is -0.384. The number of imide groups is 1. The highest BCUT2D eigenvalue weighted by Crippen LogP contribution is 2.30. The van der Waals surface area contributed by atoms with Crippen molar-refractivity contribution in [2.45, 2.75) is 25.9 Å². The molecule has 128 valence electrons. The van der Waals surface area contributed by atoms with Crippen molar-refractivity contribution in [3.05, 3.63) is 75.3 Å². The normalized spacial score (nSPS) is 19.8. The van der Waals surface area contributed by atoms with E-state index in [4.69, 9.17) is 0 Å². The van der Waals surface area contributed by atoms with Crippen molar-refractivity contribution in [3.8, 4) is 0 Å². The van der Waals surface area contributed by atoms with Gasteiger partial charge in [-0.3, -0.25) is 19.8 Å². The number of nitrogens with zero attached hydrogens (tertiary/aromatic N) is 2. The second-order valence-electron chi connectivity index (χ2n) is 6.24. The average Bonchev–Trinajstić information content (AvgIpc) is 2.80. The van der Waals surface area contributed by atoms with Crippen LogP contribution in [0.25, 0.3) is 0 Å². The zero-order valence-electron chi connectivity index (χ0n) is 13.9. The van der Waals surface area contributed by atoms with E-state index >= 15 is 0 Å². The summed E-state index contributed by atoms with van der Waals surface area (Å²) in [6.07, 6.45) is 0. The molecule has 0 saturated carbocycles. The van der Waals surface area contributed by atoms with E-state index in [1.54, 1.807) is 19.1 Å². The van der Waals surface area contributed by atoms with E-state index in [-0.39, 0.29) is 18.1 Å². The molecule has 0 aromatic heterocycles. The van der Waals surface area contributed by atoms with Gasteiger partial charge < -0.3 is 5.32 Å². The van der Waals surface area contributed by atoms with Gasteiger partial charge in [0, 0.05) is 12.1 Å². The summed E-state index contributed by atoms with van der Waals surface area (Å²) >= 11 is 0. The molecule has 3 rings (SSSR count). The molecule has 7 heteroatoms. The number of hydrogen-bond donors (Lipinski definition) is 1. The van der Waals surface area contributed by atoms with E-state index in [1.807, 2.05) is 31.2 Å². The third-order valence-corrected chi connectivity index (χ3v) is 4.39. The Bertz CT molecular complexity index is 846. The molecule has 1 aliphatic heterocycles. The molecule has 3 amide bonds. The third-order valence-electron chi connectivity index (χ3n) is 4.39. The van der Waals surface area contributed by atoms with Gasteiger partial charge in [-0.25, -0.2) is 4.79 Å². The lowest BCUT2D eigenvalue weighted by Crippen LogP contribution is -2.40. The lowest BCUT2D eigenvalue weighted by Gasteiger charge is -2.22. The van der Waals surface area contributed by atoms with Gasteiger partial charge in [0.05, 0.1) is 11.5 Å². The summed E-state index contributed by atoms with van der Waals surface area (Å²) in [5, 5.41) is 13.4. The molecule has 25 heavy (non-hydrogen) atoms. The van der Waals surface area contributed by atoms with Crippen LogP contribution in [0.4, 0.5) is 10.5 Å². The number of nitro groups is 1. The molecule has 0 spiro atoms. The molecular weight excluding hydrogens is 322 g/mol. The number of rotatable bonds is 4.